The topological polar surface area (TPSA) is 97.1 Å². The van der Waals surface area contributed by atoms with E-state index in [-0.39, 0.29) is 18.2 Å². The monoisotopic (exact) mass is 438 g/mol. The van der Waals surface area contributed by atoms with Crippen molar-refractivity contribution in [1.29, 1.82) is 0 Å². The molecule has 0 saturated heterocycles. The van der Waals surface area contributed by atoms with Crippen molar-refractivity contribution >= 4 is 39.6 Å². The number of hydrogen-bond acceptors (Lipinski definition) is 7. The molecule has 152 valence electrons. The van der Waals surface area contributed by atoms with Gasteiger partial charge in [-0.25, -0.2) is 9.97 Å². The maximum atomic E-state index is 12.4. The van der Waals surface area contributed by atoms with E-state index in [0.717, 1.165) is 21.0 Å². The number of aromatic nitrogens is 2. The van der Waals surface area contributed by atoms with Crippen molar-refractivity contribution in [1.82, 2.24) is 15.3 Å². The van der Waals surface area contributed by atoms with Gasteiger partial charge in [-0.1, -0.05) is 18.2 Å². The number of amides is 2. The van der Waals surface area contributed by atoms with Crippen molar-refractivity contribution < 1.29 is 14.0 Å². The van der Waals surface area contributed by atoms with E-state index in [0.29, 0.717) is 23.3 Å². The van der Waals surface area contributed by atoms with Crippen molar-refractivity contribution in [2.24, 2.45) is 0 Å². The lowest BCUT2D eigenvalue weighted by Crippen LogP contribution is -2.17. The van der Waals surface area contributed by atoms with Crippen LogP contribution in [0.5, 0.6) is 0 Å². The normalized spacial score (nSPS) is 10.7. The Bertz CT molecular complexity index is 1160. The Balaban J connectivity index is 1.35. The van der Waals surface area contributed by atoms with Crippen LogP contribution in [0.1, 0.15) is 17.5 Å². The van der Waals surface area contributed by atoms with Crippen LogP contribution >= 0.6 is 22.7 Å². The van der Waals surface area contributed by atoms with Gasteiger partial charge in [-0.15, -0.1) is 22.7 Å². The molecular formula is C21H18N4O3S2. The Hall–Kier alpha value is -3.30. The third-order valence-electron chi connectivity index (χ3n) is 4.09. The van der Waals surface area contributed by atoms with Gasteiger partial charge < -0.3 is 15.1 Å². The fourth-order valence-electron chi connectivity index (χ4n) is 2.70. The summed E-state index contributed by atoms with van der Waals surface area (Å²) in [6, 6.07) is 13.5. The average molecular weight is 439 g/mol. The van der Waals surface area contributed by atoms with E-state index >= 15 is 0 Å². The maximum absolute atomic E-state index is 12.4. The van der Waals surface area contributed by atoms with Crippen molar-refractivity contribution in [2.45, 2.75) is 19.9 Å². The molecule has 4 rings (SSSR count). The summed E-state index contributed by atoms with van der Waals surface area (Å²) in [7, 11) is 0. The van der Waals surface area contributed by atoms with Gasteiger partial charge in [-0.3, -0.25) is 9.59 Å². The predicted octanol–water partition coefficient (Wildman–Crippen LogP) is 4.34. The number of oxazole rings is 1. The third-order valence-corrected chi connectivity index (χ3v) is 5.96. The van der Waals surface area contributed by atoms with Gasteiger partial charge >= 0.3 is 0 Å². The Kier molecular flexibility index (Phi) is 6.01. The quantitative estimate of drug-likeness (QED) is 0.447. The van der Waals surface area contributed by atoms with Gasteiger partial charge in [0.1, 0.15) is 6.26 Å². The summed E-state index contributed by atoms with van der Waals surface area (Å²) < 4.78 is 5.47. The van der Waals surface area contributed by atoms with Crippen LogP contribution in [0.4, 0.5) is 5.13 Å². The Labute approximate surface area is 180 Å². The van der Waals surface area contributed by atoms with Crippen LogP contribution in [0.2, 0.25) is 0 Å². The number of carbonyl (C=O) groups excluding carboxylic acids is 2. The van der Waals surface area contributed by atoms with Crippen LogP contribution in [0.25, 0.3) is 22.0 Å². The number of thiophene rings is 1. The molecule has 2 N–H and O–H groups in total. The largest absolute Gasteiger partial charge is 0.444 e. The van der Waals surface area contributed by atoms with Crippen LogP contribution in [0.3, 0.4) is 0 Å². The minimum atomic E-state index is -0.207. The molecule has 30 heavy (non-hydrogen) atoms. The molecule has 3 heterocycles. The van der Waals surface area contributed by atoms with Gasteiger partial charge in [-0.2, -0.15) is 0 Å². The van der Waals surface area contributed by atoms with E-state index in [9.17, 15) is 9.59 Å². The number of hydrogen-bond donors (Lipinski definition) is 2. The lowest BCUT2D eigenvalue weighted by Gasteiger charge is -1.99. The molecule has 2 amide bonds. The number of carbonyl (C=O) groups is 2. The lowest BCUT2D eigenvalue weighted by molar-refractivity contribution is -0.119. The molecule has 0 unspecified atom stereocenters. The molecule has 0 bridgehead atoms. The van der Waals surface area contributed by atoms with Crippen molar-refractivity contribution in [3.63, 3.8) is 0 Å². The number of anilines is 1. The highest BCUT2D eigenvalue weighted by Crippen LogP contribution is 2.31. The standard InChI is InChI=1S/C21H18N4O3S2/c1-13(26)22-10-16-7-8-18(30-16)17-12-29-21(24-17)25-19(27)9-15-11-28-20(23-15)14-5-3-2-4-6-14/h2-8,11-12H,9-10H2,1H3,(H,22,26)(H,24,25,27). The van der Waals surface area contributed by atoms with Gasteiger partial charge in [-0.05, 0) is 24.3 Å². The third kappa shape index (κ3) is 5.00. The Morgan fingerprint density at radius 1 is 1.10 bits per heavy atom. The first-order valence-corrected chi connectivity index (χ1v) is 10.8. The zero-order valence-corrected chi connectivity index (χ0v) is 17.7. The minimum Gasteiger partial charge on any atom is -0.444 e. The summed E-state index contributed by atoms with van der Waals surface area (Å²) in [5.41, 5.74) is 2.22. The first-order chi connectivity index (χ1) is 14.6. The highest BCUT2D eigenvalue weighted by molar-refractivity contribution is 7.17. The fraction of sp³-hybridized carbons (Fsp3) is 0.143. The molecule has 0 fully saturated rings. The highest BCUT2D eigenvalue weighted by Gasteiger charge is 2.13. The average Bonchev–Trinajstić information content (AvgIpc) is 3.48. The predicted molar refractivity (Wildman–Crippen MR) is 117 cm³/mol. The van der Waals surface area contributed by atoms with Gasteiger partial charge in [0.25, 0.3) is 0 Å². The van der Waals surface area contributed by atoms with Crippen LogP contribution in [-0.2, 0) is 22.6 Å². The number of benzene rings is 1. The molecular weight excluding hydrogens is 420 g/mol. The number of nitrogens with one attached hydrogen (secondary N) is 2. The number of thiazole rings is 1. The molecule has 0 radical (unpaired) electrons. The highest BCUT2D eigenvalue weighted by atomic mass is 32.1. The van der Waals surface area contributed by atoms with Crippen molar-refractivity contribution in [2.75, 3.05) is 5.32 Å². The maximum Gasteiger partial charge on any atom is 0.232 e. The van der Waals surface area contributed by atoms with Crippen molar-refractivity contribution in [3.05, 3.63) is 64.7 Å². The molecule has 1 aromatic carbocycles. The molecule has 0 aliphatic rings. The first-order valence-electron chi connectivity index (χ1n) is 9.15. The van der Waals surface area contributed by atoms with Crippen molar-refractivity contribution in [3.8, 4) is 22.0 Å². The summed E-state index contributed by atoms with van der Waals surface area (Å²) >= 11 is 2.92. The van der Waals surface area contributed by atoms with Gasteiger partial charge in [0, 0.05) is 22.7 Å². The second kappa shape index (κ2) is 9.02. The molecule has 0 spiro atoms. The van der Waals surface area contributed by atoms with Gasteiger partial charge in [0.05, 0.1) is 29.2 Å². The van der Waals surface area contributed by atoms with E-state index < -0.39 is 0 Å². The summed E-state index contributed by atoms with van der Waals surface area (Å²) in [6.45, 7) is 1.99. The molecule has 0 aliphatic carbocycles. The fourth-order valence-corrected chi connectivity index (χ4v) is 4.41. The van der Waals surface area contributed by atoms with Crippen LogP contribution < -0.4 is 10.6 Å². The summed E-state index contributed by atoms with van der Waals surface area (Å²) in [4.78, 5) is 34.3. The number of nitrogens with zero attached hydrogens (tertiary/aromatic N) is 2. The second-order valence-corrected chi connectivity index (χ2v) is 8.48. The smallest absolute Gasteiger partial charge is 0.232 e. The van der Waals surface area contributed by atoms with Crippen LogP contribution in [-0.4, -0.2) is 21.8 Å². The van der Waals surface area contributed by atoms with E-state index in [2.05, 4.69) is 20.6 Å². The van der Waals surface area contributed by atoms with Gasteiger partial charge in [0.2, 0.25) is 17.7 Å². The number of rotatable bonds is 7. The molecule has 0 aliphatic heterocycles. The SMILES string of the molecule is CC(=O)NCc1ccc(-c2csc(NC(=O)Cc3coc(-c4ccccc4)n3)n2)s1. The Morgan fingerprint density at radius 3 is 2.73 bits per heavy atom. The molecule has 9 heteroatoms. The molecule has 7 nitrogen and oxygen atoms in total. The Morgan fingerprint density at radius 2 is 1.93 bits per heavy atom. The first kappa shape index (κ1) is 20.0. The lowest BCUT2D eigenvalue weighted by atomic mass is 10.2. The molecule has 3 aromatic heterocycles. The zero-order valence-electron chi connectivity index (χ0n) is 16.0. The second-order valence-electron chi connectivity index (χ2n) is 6.45. The minimum absolute atomic E-state index is 0.0633. The van der Waals surface area contributed by atoms with E-state index in [1.807, 2.05) is 47.8 Å². The van der Waals surface area contributed by atoms with Crippen LogP contribution in [0.15, 0.2) is 58.5 Å². The molecule has 0 atom stereocenters. The van der Waals surface area contributed by atoms with Crippen LogP contribution in [0, 0.1) is 0 Å². The van der Waals surface area contributed by atoms with E-state index in [4.69, 9.17) is 4.42 Å². The summed E-state index contributed by atoms with van der Waals surface area (Å²) in [6.07, 6.45) is 1.60. The van der Waals surface area contributed by atoms with E-state index in [1.54, 1.807) is 11.3 Å². The van der Waals surface area contributed by atoms with E-state index in [1.165, 1.54) is 24.5 Å². The summed E-state index contributed by atoms with van der Waals surface area (Å²) in [5, 5.41) is 8.01. The van der Waals surface area contributed by atoms with Gasteiger partial charge in [0.15, 0.2) is 5.13 Å². The summed E-state index contributed by atoms with van der Waals surface area (Å²) in [5.74, 6) is 0.218. The zero-order chi connectivity index (χ0) is 20.9. The molecule has 4 aromatic rings. The molecule has 0 saturated carbocycles.